The summed E-state index contributed by atoms with van der Waals surface area (Å²) in [6, 6.07) is 0.539. The van der Waals surface area contributed by atoms with Crippen LogP contribution in [0.4, 0.5) is 0 Å². The van der Waals surface area contributed by atoms with E-state index in [1.807, 2.05) is 0 Å². The zero-order valence-electron chi connectivity index (χ0n) is 17.5. The average Bonchev–Trinajstić information content (AvgIpc) is 3.04. The van der Waals surface area contributed by atoms with Crippen molar-refractivity contribution in [1.29, 1.82) is 0 Å². The van der Waals surface area contributed by atoms with E-state index in [0.717, 1.165) is 25.2 Å². The number of aliphatic hydroxyl groups excluding tert-OH is 1. The highest BCUT2D eigenvalue weighted by Gasteiger charge is 2.81. The summed E-state index contributed by atoms with van der Waals surface area (Å²) < 4.78 is 5.07. The second-order valence-corrected chi connectivity index (χ2v) is 11.0. The van der Waals surface area contributed by atoms with Gasteiger partial charge >= 0.3 is 5.97 Å². The molecule has 5 fully saturated rings. The van der Waals surface area contributed by atoms with E-state index in [-0.39, 0.29) is 23.0 Å². The van der Waals surface area contributed by atoms with E-state index in [9.17, 15) is 9.90 Å². The normalized spacial score (nSPS) is 55.0. The first kappa shape index (κ1) is 18.4. The molecule has 9 atom stereocenters. The van der Waals surface area contributed by atoms with Crippen LogP contribution in [0.25, 0.3) is 0 Å². The molecular formula is C23H37NO3. The summed E-state index contributed by atoms with van der Waals surface area (Å²) in [6.45, 7) is 8.52. The lowest BCUT2D eigenvalue weighted by Crippen LogP contribution is -2.69. The molecule has 4 heteroatoms. The summed E-state index contributed by atoms with van der Waals surface area (Å²) in [5.41, 5.74) is 0.471. The van der Waals surface area contributed by atoms with E-state index in [1.54, 1.807) is 0 Å². The Morgan fingerprint density at radius 2 is 2.00 bits per heavy atom. The van der Waals surface area contributed by atoms with Gasteiger partial charge in [0.2, 0.25) is 0 Å². The number of fused-ring (bicyclic) bond motifs is 2. The molecule has 1 N–H and O–H groups in total. The summed E-state index contributed by atoms with van der Waals surface area (Å²) in [6.07, 6.45) is 8.44. The molecule has 4 nitrogen and oxygen atoms in total. The molecule has 9 unspecified atom stereocenters. The fraction of sp³-hybridized carbons (Fsp3) is 0.957. The molecule has 3 saturated heterocycles. The van der Waals surface area contributed by atoms with E-state index in [4.69, 9.17) is 4.74 Å². The van der Waals surface area contributed by atoms with Crippen molar-refractivity contribution in [3.8, 4) is 0 Å². The number of carbonyl (C=O) groups excluding carboxylic acids is 1. The second kappa shape index (κ2) is 5.72. The molecule has 0 radical (unpaired) electrons. The first-order valence-corrected chi connectivity index (χ1v) is 11.3. The second-order valence-electron chi connectivity index (χ2n) is 11.0. The Morgan fingerprint density at radius 1 is 1.22 bits per heavy atom. The highest BCUT2D eigenvalue weighted by Crippen LogP contribution is 2.79. The van der Waals surface area contributed by atoms with Gasteiger partial charge in [0.05, 0.1) is 18.8 Å². The predicted octanol–water partition coefficient (Wildman–Crippen LogP) is 3.62. The van der Waals surface area contributed by atoms with Crippen LogP contribution in [0.3, 0.4) is 0 Å². The molecule has 0 amide bonds. The van der Waals surface area contributed by atoms with Crippen molar-refractivity contribution >= 4 is 5.97 Å². The number of hydrogen-bond acceptors (Lipinski definition) is 4. The van der Waals surface area contributed by atoms with Crippen molar-refractivity contribution in [3.63, 3.8) is 0 Å². The Labute approximate surface area is 164 Å². The Kier molecular flexibility index (Phi) is 3.90. The molecule has 5 aliphatic rings. The molecule has 3 aliphatic heterocycles. The zero-order valence-corrected chi connectivity index (χ0v) is 17.5. The molecule has 0 aromatic heterocycles. The maximum Gasteiger partial charge on any atom is 0.305 e. The van der Waals surface area contributed by atoms with Gasteiger partial charge in [-0.2, -0.15) is 0 Å². The lowest BCUT2D eigenvalue weighted by Gasteiger charge is -2.67. The summed E-state index contributed by atoms with van der Waals surface area (Å²) in [5.74, 6) is 2.56. The number of aliphatic hydroxyl groups is 1. The Balaban J connectivity index is 1.69. The van der Waals surface area contributed by atoms with Crippen LogP contribution in [-0.2, 0) is 9.53 Å². The van der Waals surface area contributed by atoms with Gasteiger partial charge in [-0.3, -0.25) is 9.69 Å². The Bertz CT molecular complexity index is 650. The minimum atomic E-state index is -0.181. The SMILES string of the molecule is COC(=O)CCC12C3C(C(C)C)CCC1(C)C1CCC4(C(O)CCC42)N3C1. The van der Waals surface area contributed by atoms with Crippen LogP contribution in [0.5, 0.6) is 0 Å². The third-order valence-electron chi connectivity index (χ3n) is 10.4. The fourth-order valence-electron chi connectivity index (χ4n) is 9.42. The van der Waals surface area contributed by atoms with Crippen molar-refractivity contribution in [2.24, 2.45) is 34.5 Å². The lowest BCUT2D eigenvalue weighted by atomic mass is 9.42. The summed E-state index contributed by atoms with van der Waals surface area (Å²) >= 11 is 0. The maximum absolute atomic E-state index is 12.2. The average molecular weight is 376 g/mol. The van der Waals surface area contributed by atoms with Gasteiger partial charge in [0, 0.05) is 19.0 Å². The number of methoxy groups -OCH3 is 1. The van der Waals surface area contributed by atoms with Gasteiger partial charge in [0.1, 0.15) is 0 Å². The van der Waals surface area contributed by atoms with Gasteiger partial charge in [-0.1, -0.05) is 20.8 Å². The van der Waals surface area contributed by atoms with E-state index >= 15 is 0 Å². The maximum atomic E-state index is 12.2. The number of piperidine rings is 2. The van der Waals surface area contributed by atoms with Crippen LogP contribution < -0.4 is 0 Å². The topological polar surface area (TPSA) is 49.8 Å². The van der Waals surface area contributed by atoms with Gasteiger partial charge in [-0.05, 0) is 79.4 Å². The summed E-state index contributed by atoms with van der Waals surface area (Å²) in [4.78, 5) is 15.0. The van der Waals surface area contributed by atoms with Crippen molar-refractivity contribution in [1.82, 2.24) is 4.90 Å². The van der Waals surface area contributed by atoms with Crippen molar-refractivity contribution in [3.05, 3.63) is 0 Å². The Hall–Kier alpha value is -0.610. The molecule has 2 saturated carbocycles. The van der Waals surface area contributed by atoms with Crippen LogP contribution in [-0.4, -0.2) is 47.3 Å². The molecule has 5 bridgehead atoms. The molecule has 2 aliphatic carbocycles. The molecule has 3 heterocycles. The largest absolute Gasteiger partial charge is 0.469 e. The fourth-order valence-corrected chi connectivity index (χ4v) is 9.42. The zero-order chi connectivity index (χ0) is 19.2. The molecular weight excluding hydrogens is 338 g/mol. The van der Waals surface area contributed by atoms with Gasteiger partial charge in [-0.25, -0.2) is 0 Å². The van der Waals surface area contributed by atoms with Gasteiger partial charge in [0.15, 0.2) is 0 Å². The monoisotopic (exact) mass is 375 g/mol. The first-order chi connectivity index (χ1) is 12.8. The number of nitrogens with zero attached hydrogens (tertiary/aromatic N) is 1. The third-order valence-corrected chi connectivity index (χ3v) is 10.4. The predicted molar refractivity (Wildman–Crippen MR) is 104 cm³/mol. The van der Waals surface area contributed by atoms with Crippen LogP contribution in [0.15, 0.2) is 0 Å². The number of rotatable bonds is 4. The standard InChI is InChI=1S/C23H37NO3/c1-14(2)16-8-10-21(3)15-7-12-23-17(5-6-18(23)25)22(21,11-9-19(26)27-4)20(16)24(23)13-15/h14-18,20,25H,5-13H2,1-4H3. The van der Waals surface area contributed by atoms with E-state index < -0.39 is 0 Å². The summed E-state index contributed by atoms with van der Waals surface area (Å²) in [7, 11) is 1.52. The van der Waals surface area contributed by atoms with E-state index in [2.05, 4.69) is 25.7 Å². The van der Waals surface area contributed by atoms with E-state index in [0.29, 0.717) is 35.6 Å². The van der Waals surface area contributed by atoms with Crippen LogP contribution in [0.2, 0.25) is 0 Å². The quantitative estimate of drug-likeness (QED) is 0.763. The highest BCUT2D eigenvalue weighted by atomic mass is 16.5. The molecule has 0 aromatic carbocycles. The Morgan fingerprint density at radius 3 is 2.70 bits per heavy atom. The lowest BCUT2D eigenvalue weighted by molar-refractivity contribution is -0.190. The van der Waals surface area contributed by atoms with Gasteiger partial charge in [-0.15, -0.1) is 0 Å². The minimum absolute atomic E-state index is 0.00741. The summed E-state index contributed by atoms with van der Waals surface area (Å²) in [5, 5.41) is 11.3. The van der Waals surface area contributed by atoms with Crippen molar-refractivity contribution < 1.29 is 14.6 Å². The first-order valence-electron chi connectivity index (χ1n) is 11.3. The molecule has 0 aromatic rings. The molecule has 27 heavy (non-hydrogen) atoms. The van der Waals surface area contributed by atoms with E-state index in [1.165, 1.54) is 39.3 Å². The molecule has 152 valence electrons. The third kappa shape index (κ3) is 1.91. The molecule has 1 spiro atoms. The number of carbonyl (C=O) groups is 1. The van der Waals surface area contributed by atoms with Crippen LogP contribution >= 0.6 is 0 Å². The molecule has 5 rings (SSSR count). The van der Waals surface area contributed by atoms with Gasteiger partial charge < -0.3 is 9.84 Å². The van der Waals surface area contributed by atoms with Crippen molar-refractivity contribution in [2.45, 2.75) is 89.8 Å². The smallest absolute Gasteiger partial charge is 0.305 e. The van der Waals surface area contributed by atoms with Crippen molar-refractivity contribution in [2.75, 3.05) is 13.7 Å². The van der Waals surface area contributed by atoms with Gasteiger partial charge in [0.25, 0.3) is 0 Å². The number of ether oxygens (including phenoxy) is 1. The minimum Gasteiger partial charge on any atom is -0.469 e. The number of esters is 1. The van der Waals surface area contributed by atoms with Crippen LogP contribution in [0.1, 0.15) is 72.1 Å². The van der Waals surface area contributed by atoms with Crippen LogP contribution in [0, 0.1) is 34.5 Å². The highest BCUT2D eigenvalue weighted by molar-refractivity contribution is 5.69. The number of hydrogen-bond donors (Lipinski definition) is 1.